The molecule has 22 heavy (non-hydrogen) atoms. The van der Waals surface area contributed by atoms with Gasteiger partial charge in [0.05, 0.1) is 10.3 Å². The molecule has 0 aromatic heterocycles. The van der Waals surface area contributed by atoms with Crippen LogP contribution in [-0.2, 0) is 14.6 Å². The van der Waals surface area contributed by atoms with E-state index in [4.69, 9.17) is 0 Å². The monoisotopic (exact) mass is 325 g/mol. The fourth-order valence-corrected chi connectivity index (χ4v) is 3.62. The third-order valence-electron chi connectivity index (χ3n) is 4.11. The molecule has 1 saturated heterocycles. The van der Waals surface area contributed by atoms with Gasteiger partial charge in [-0.2, -0.15) is 0 Å². The van der Waals surface area contributed by atoms with Crippen LogP contribution in [0.3, 0.4) is 0 Å². The molecule has 1 aliphatic heterocycles. The zero-order valence-electron chi connectivity index (χ0n) is 12.8. The van der Waals surface area contributed by atoms with E-state index >= 15 is 0 Å². The van der Waals surface area contributed by atoms with Gasteiger partial charge in [0.2, 0.25) is 0 Å². The van der Waals surface area contributed by atoms with Crippen LogP contribution in [0.25, 0.3) is 0 Å². The van der Waals surface area contributed by atoms with E-state index < -0.39 is 21.2 Å². The molecule has 0 spiro atoms. The summed E-state index contributed by atoms with van der Waals surface area (Å²) in [7, 11) is -3.41. The maximum atomic E-state index is 12.5. The van der Waals surface area contributed by atoms with Gasteiger partial charge in [-0.05, 0) is 38.0 Å². The number of amides is 1. The fraction of sp³-hybridized carbons (Fsp3) is 0.467. The van der Waals surface area contributed by atoms with Crippen LogP contribution in [0.5, 0.6) is 0 Å². The lowest BCUT2D eigenvalue weighted by atomic mass is 9.90. The van der Waals surface area contributed by atoms with Crippen LogP contribution in [0.1, 0.15) is 29.3 Å². The van der Waals surface area contributed by atoms with Crippen molar-refractivity contribution in [2.75, 3.05) is 19.3 Å². The summed E-state index contributed by atoms with van der Waals surface area (Å²) in [5.41, 5.74) is -0.100. The van der Waals surface area contributed by atoms with Crippen LogP contribution in [0.15, 0.2) is 23.1 Å². The van der Waals surface area contributed by atoms with E-state index in [2.05, 4.69) is 0 Å². The maximum Gasteiger partial charge on any atom is 0.311 e. The summed E-state index contributed by atoms with van der Waals surface area (Å²) in [6, 6.07) is 4.53. The number of aliphatic carboxylic acids is 1. The molecule has 1 heterocycles. The molecule has 1 N–H and O–H groups in total. The average Bonchev–Trinajstić information content (AvgIpc) is 2.81. The minimum atomic E-state index is -3.41. The Hall–Kier alpha value is -1.89. The lowest BCUT2D eigenvalue weighted by Gasteiger charge is -2.20. The van der Waals surface area contributed by atoms with Crippen molar-refractivity contribution in [3.8, 4) is 0 Å². The highest BCUT2D eigenvalue weighted by Crippen LogP contribution is 2.31. The number of nitrogens with zero attached hydrogens (tertiary/aromatic N) is 1. The standard InChI is InChI=1S/C15H19NO5S/c1-10-4-5-11(8-12(10)22(3,20)21)13(17)16-7-6-15(2,9-16)14(18)19/h4-5,8H,6-7,9H2,1-3H3,(H,18,19)/t15-/m0/s1. The molecule has 1 aliphatic rings. The van der Waals surface area contributed by atoms with E-state index in [1.807, 2.05) is 0 Å². The SMILES string of the molecule is Cc1ccc(C(=O)N2CC[C@](C)(C(=O)O)C2)cc1S(C)(=O)=O. The van der Waals surface area contributed by atoms with Crippen molar-refractivity contribution < 1.29 is 23.1 Å². The zero-order valence-corrected chi connectivity index (χ0v) is 13.6. The van der Waals surface area contributed by atoms with Crippen LogP contribution in [0.2, 0.25) is 0 Å². The molecule has 6 nitrogen and oxygen atoms in total. The highest BCUT2D eigenvalue weighted by molar-refractivity contribution is 7.90. The molecule has 0 aliphatic carbocycles. The Morgan fingerprint density at radius 3 is 2.45 bits per heavy atom. The van der Waals surface area contributed by atoms with Gasteiger partial charge >= 0.3 is 5.97 Å². The summed E-state index contributed by atoms with van der Waals surface area (Å²) in [5.74, 6) is -1.27. The Morgan fingerprint density at radius 1 is 1.32 bits per heavy atom. The van der Waals surface area contributed by atoms with E-state index in [0.717, 1.165) is 6.26 Å². The van der Waals surface area contributed by atoms with Gasteiger partial charge in [0.1, 0.15) is 0 Å². The summed E-state index contributed by atoms with van der Waals surface area (Å²) in [6.45, 7) is 3.76. The molecule has 1 aromatic rings. The van der Waals surface area contributed by atoms with Gasteiger partial charge in [-0.3, -0.25) is 9.59 Å². The molecular formula is C15H19NO5S. The highest BCUT2D eigenvalue weighted by Gasteiger charge is 2.42. The van der Waals surface area contributed by atoms with Gasteiger partial charge in [0.15, 0.2) is 9.84 Å². The van der Waals surface area contributed by atoms with Gasteiger partial charge < -0.3 is 10.0 Å². The van der Waals surface area contributed by atoms with Crippen LogP contribution in [-0.4, -0.2) is 49.6 Å². The van der Waals surface area contributed by atoms with Crippen LogP contribution in [0.4, 0.5) is 0 Å². The van der Waals surface area contributed by atoms with Gasteiger partial charge in [-0.25, -0.2) is 8.42 Å². The Balaban J connectivity index is 2.31. The normalized spacial score (nSPS) is 21.9. The Morgan fingerprint density at radius 2 is 1.95 bits per heavy atom. The van der Waals surface area contributed by atoms with E-state index in [1.54, 1.807) is 26.0 Å². The first-order valence-corrected chi connectivity index (χ1v) is 8.77. The second-order valence-corrected chi connectivity index (χ2v) is 8.08. The number of likely N-dealkylation sites (tertiary alicyclic amines) is 1. The van der Waals surface area contributed by atoms with Gasteiger partial charge in [-0.15, -0.1) is 0 Å². The van der Waals surface area contributed by atoms with Crippen molar-refractivity contribution in [1.82, 2.24) is 4.90 Å². The summed E-state index contributed by atoms with van der Waals surface area (Å²) < 4.78 is 23.5. The van der Waals surface area contributed by atoms with Gasteiger partial charge in [0.25, 0.3) is 5.91 Å². The first-order chi connectivity index (χ1) is 10.0. The lowest BCUT2D eigenvalue weighted by molar-refractivity contribution is -0.147. The number of hydrogen-bond donors (Lipinski definition) is 1. The molecule has 1 amide bonds. The van der Waals surface area contributed by atoms with Crippen LogP contribution >= 0.6 is 0 Å². The first kappa shape index (κ1) is 16.5. The van der Waals surface area contributed by atoms with E-state index in [1.165, 1.54) is 11.0 Å². The molecule has 120 valence electrons. The number of rotatable bonds is 3. The molecule has 7 heteroatoms. The molecule has 1 fully saturated rings. The van der Waals surface area contributed by atoms with Crippen molar-refractivity contribution in [3.05, 3.63) is 29.3 Å². The van der Waals surface area contributed by atoms with Crippen molar-refractivity contribution in [2.24, 2.45) is 5.41 Å². The third kappa shape index (κ3) is 2.99. The maximum absolute atomic E-state index is 12.5. The van der Waals surface area contributed by atoms with Crippen molar-refractivity contribution in [3.63, 3.8) is 0 Å². The minimum Gasteiger partial charge on any atom is -0.481 e. The number of aryl methyl sites for hydroxylation is 1. The zero-order chi connectivity index (χ0) is 16.7. The molecule has 2 rings (SSSR count). The highest BCUT2D eigenvalue weighted by atomic mass is 32.2. The Kier molecular flexibility index (Phi) is 4.04. The molecule has 0 saturated carbocycles. The van der Waals surface area contributed by atoms with Crippen molar-refractivity contribution in [2.45, 2.75) is 25.2 Å². The van der Waals surface area contributed by atoms with Gasteiger partial charge in [0, 0.05) is 24.9 Å². The Bertz CT molecular complexity index is 740. The number of carbonyl (C=O) groups is 2. The smallest absolute Gasteiger partial charge is 0.311 e. The first-order valence-electron chi connectivity index (χ1n) is 6.88. The average molecular weight is 325 g/mol. The molecule has 0 bridgehead atoms. The number of carbonyl (C=O) groups excluding carboxylic acids is 1. The van der Waals surface area contributed by atoms with E-state index in [9.17, 15) is 23.1 Å². The third-order valence-corrected chi connectivity index (χ3v) is 5.35. The Labute approximate surface area is 129 Å². The predicted octanol–water partition coefficient (Wildman–Crippen LogP) is 1.34. The second-order valence-electron chi connectivity index (χ2n) is 6.09. The summed E-state index contributed by atoms with van der Waals surface area (Å²) in [5, 5.41) is 9.21. The van der Waals surface area contributed by atoms with Crippen LogP contribution < -0.4 is 0 Å². The number of benzene rings is 1. The number of hydrogen-bond acceptors (Lipinski definition) is 4. The number of carboxylic acid groups (broad SMARTS) is 1. The molecule has 1 atom stereocenters. The van der Waals surface area contributed by atoms with Crippen molar-refractivity contribution >= 4 is 21.7 Å². The second kappa shape index (κ2) is 5.39. The van der Waals surface area contributed by atoms with E-state index in [-0.39, 0.29) is 22.9 Å². The topological polar surface area (TPSA) is 91.8 Å². The number of sulfone groups is 1. The van der Waals surface area contributed by atoms with Crippen molar-refractivity contribution in [1.29, 1.82) is 0 Å². The minimum absolute atomic E-state index is 0.124. The summed E-state index contributed by atoms with van der Waals surface area (Å²) in [6.07, 6.45) is 1.49. The summed E-state index contributed by atoms with van der Waals surface area (Å²) >= 11 is 0. The van der Waals surface area contributed by atoms with E-state index in [0.29, 0.717) is 18.5 Å². The molecule has 0 radical (unpaired) electrons. The largest absolute Gasteiger partial charge is 0.481 e. The lowest BCUT2D eigenvalue weighted by Crippen LogP contribution is -2.34. The number of carboxylic acids is 1. The van der Waals surface area contributed by atoms with Crippen LogP contribution in [0, 0.1) is 12.3 Å². The summed E-state index contributed by atoms with van der Waals surface area (Å²) in [4.78, 5) is 25.3. The fourth-order valence-electron chi connectivity index (χ4n) is 2.62. The molecule has 1 aromatic carbocycles. The predicted molar refractivity (Wildman–Crippen MR) is 80.6 cm³/mol. The molecular weight excluding hydrogens is 306 g/mol. The molecule has 0 unspecified atom stereocenters. The van der Waals surface area contributed by atoms with Gasteiger partial charge in [-0.1, -0.05) is 6.07 Å². The quantitative estimate of drug-likeness (QED) is 0.905.